The molecule has 0 bridgehead atoms. The number of aromatic amines is 1. The molecule has 1 aromatic rings. The van der Waals surface area contributed by atoms with Crippen molar-refractivity contribution >= 4 is 10.4 Å². The Labute approximate surface area is 96.0 Å². The number of nitrogens with zero attached hydrogens (tertiary/aromatic N) is 1. The van der Waals surface area contributed by atoms with E-state index in [2.05, 4.69) is 21.1 Å². The molecule has 16 heavy (non-hydrogen) atoms. The Bertz CT molecular complexity index is 306. The van der Waals surface area contributed by atoms with E-state index in [1.807, 2.05) is 0 Å². The van der Waals surface area contributed by atoms with Crippen LogP contribution in [-0.4, -0.2) is 29.5 Å². The number of nitrogens with one attached hydrogen (secondary N) is 1. The first-order valence-electron chi connectivity index (χ1n) is 5.11. The van der Waals surface area contributed by atoms with Gasteiger partial charge in [-0.1, -0.05) is 26.2 Å². The van der Waals surface area contributed by atoms with Crippen molar-refractivity contribution in [1.29, 1.82) is 0 Å². The third kappa shape index (κ3) is 13.1. The van der Waals surface area contributed by atoms with Gasteiger partial charge in [-0.25, -0.2) is 9.17 Å². The van der Waals surface area contributed by atoms with Crippen molar-refractivity contribution in [3.63, 3.8) is 0 Å². The van der Waals surface area contributed by atoms with Crippen LogP contribution < -0.4 is 0 Å². The number of unbranched alkanes of at least 4 members (excludes halogenated alkanes) is 3. The van der Waals surface area contributed by atoms with Gasteiger partial charge in [0.15, 0.2) is 0 Å². The maximum Gasteiger partial charge on any atom is 0.397 e. The highest BCUT2D eigenvalue weighted by molar-refractivity contribution is 7.80. The van der Waals surface area contributed by atoms with Crippen molar-refractivity contribution in [2.75, 3.05) is 6.61 Å². The van der Waals surface area contributed by atoms with E-state index in [0.717, 1.165) is 19.3 Å². The molecule has 0 aliphatic heterocycles. The lowest BCUT2D eigenvalue weighted by Gasteiger charge is -1.98. The molecule has 0 fully saturated rings. The summed E-state index contributed by atoms with van der Waals surface area (Å²) in [4.78, 5) is 6.42. The maximum absolute atomic E-state index is 10.00. The van der Waals surface area contributed by atoms with Crippen LogP contribution in [0.5, 0.6) is 0 Å². The van der Waals surface area contributed by atoms with E-state index in [0.29, 0.717) is 6.42 Å². The Morgan fingerprint density at radius 2 is 2.12 bits per heavy atom. The topological polar surface area (TPSA) is 92.3 Å². The van der Waals surface area contributed by atoms with Crippen LogP contribution in [0.15, 0.2) is 18.7 Å². The molecule has 0 aliphatic rings. The van der Waals surface area contributed by atoms with Crippen molar-refractivity contribution in [3.8, 4) is 0 Å². The fourth-order valence-corrected chi connectivity index (χ4v) is 1.24. The van der Waals surface area contributed by atoms with Crippen molar-refractivity contribution in [2.45, 2.75) is 32.6 Å². The molecule has 0 saturated heterocycles. The van der Waals surface area contributed by atoms with Gasteiger partial charge in [0.25, 0.3) is 0 Å². The van der Waals surface area contributed by atoms with Gasteiger partial charge in [0.05, 0.1) is 12.9 Å². The second kappa shape index (κ2) is 9.32. The quantitative estimate of drug-likeness (QED) is 0.593. The average Bonchev–Trinajstić information content (AvgIpc) is 2.73. The number of H-pyrrole nitrogens is 1. The predicted octanol–water partition coefficient (Wildman–Crippen LogP) is 1.80. The summed E-state index contributed by atoms with van der Waals surface area (Å²) in [5, 5.41) is 0. The minimum atomic E-state index is -4.21. The Hall–Kier alpha value is -0.920. The van der Waals surface area contributed by atoms with Gasteiger partial charge in [-0.3, -0.25) is 4.55 Å². The van der Waals surface area contributed by atoms with Crippen LogP contribution >= 0.6 is 0 Å². The summed E-state index contributed by atoms with van der Waals surface area (Å²) in [7, 11) is -4.21. The summed E-state index contributed by atoms with van der Waals surface area (Å²) < 4.78 is 32.2. The molecule has 2 N–H and O–H groups in total. The van der Waals surface area contributed by atoms with Gasteiger partial charge in [-0.15, -0.1) is 0 Å². The smallest absolute Gasteiger partial charge is 0.351 e. The summed E-state index contributed by atoms with van der Waals surface area (Å²) in [5.74, 6) is 0. The second-order valence-corrected chi connectivity index (χ2v) is 4.16. The second-order valence-electron chi connectivity index (χ2n) is 3.07. The summed E-state index contributed by atoms with van der Waals surface area (Å²) in [6.45, 7) is 2.14. The van der Waals surface area contributed by atoms with E-state index in [1.54, 1.807) is 18.7 Å². The van der Waals surface area contributed by atoms with E-state index >= 15 is 0 Å². The summed E-state index contributed by atoms with van der Waals surface area (Å²) in [5.41, 5.74) is 0. The van der Waals surface area contributed by atoms with E-state index in [1.165, 1.54) is 0 Å². The van der Waals surface area contributed by atoms with Crippen LogP contribution in [0, 0.1) is 0 Å². The molecule has 0 amide bonds. The highest BCUT2D eigenvalue weighted by atomic mass is 32.3. The van der Waals surface area contributed by atoms with Gasteiger partial charge in [-0.05, 0) is 6.42 Å². The monoisotopic (exact) mass is 250 g/mol. The standard InChI is InChI=1S/C6H14O4S.C3H4N2/c1-2-3-4-5-6-10-11(7,8)9;1-2-5-3-4-1/h2-6H2,1H3,(H,7,8,9);1-3H,(H,4,5). The number of aromatic nitrogens is 2. The molecule has 1 heterocycles. The molecule has 0 unspecified atom stereocenters. The molecular formula is C9H18N2O4S. The Morgan fingerprint density at radius 3 is 2.50 bits per heavy atom. The first-order valence-corrected chi connectivity index (χ1v) is 6.47. The zero-order chi connectivity index (χ0) is 12.3. The summed E-state index contributed by atoms with van der Waals surface area (Å²) in [6.07, 6.45) is 8.85. The van der Waals surface area contributed by atoms with Gasteiger partial charge < -0.3 is 4.98 Å². The molecule has 0 aliphatic carbocycles. The summed E-state index contributed by atoms with van der Waals surface area (Å²) in [6, 6.07) is 0. The van der Waals surface area contributed by atoms with Gasteiger partial charge in [0.2, 0.25) is 0 Å². The zero-order valence-corrected chi connectivity index (χ0v) is 10.1. The van der Waals surface area contributed by atoms with Gasteiger partial charge in [0, 0.05) is 12.4 Å². The van der Waals surface area contributed by atoms with Crippen LogP contribution in [0.2, 0.25) is 0 Å². The molecule has 0 spiro atoms. The van der Waals surface area contributed by atoms with Crippen LogP contribution in [0.1, 0.15) is 32.6 Å². The van der Waals surface area contributed by atoms with Crippen molar-refractivity contribution in [1.82, 2.24) is 9.97 Å². The Kier molecular flexibility index (Phi) is 8.78. The Balaban J connectivity index is 0.000000368. The van der Waals surface area contributed by atoms with Crippen molar-refractivity contribution in [3.05, 3.63) is 18.7 Å². The lowest BCUT2D eigenvalue weighted by atomic mass is 10.2. The third-order valence-corrected chi connectivity index (χ3v) is 2.10. The van der Waals surface area contributed by atoms with E-state index in [-0.39, 0.29) is 6.61 Å². The van der Waals surface area contributed by atoms with Crippen LogP contribution in [0.3, 0.4) is 0 Å². The first-order chi connectivity index (χ1) is 7.56. The number of hydrogen-bond donors (Lipinski definition) is 2. The average molecular weight is 250 g/mol. The molecule has 0 saturated carbocycles. The maximum atomic E-state index is 10.00. The highest BCUT2D eigenvalue weighted by Crippen LogP contribution is 1.99. The van der Waals surface area contributed by atoms with E-state index in [9.17, 15) is 8.42 Å². The van der Waals surface area contributed by atoms with Crippen LogP contribution in [0.4, 0.5) is 0 Å². The van der Waals surface area contributed by atoms with Gasteiger partial charge in [-0.2, -0.15) is 8.42 Å². The molecule has 6 nitrogen and oxygen atoms in total. The fourth-order valence-electron chi connectivity index (χ4n) is 0.908. The van der Waals surface area contributed by atoms with Crippen molar-refractivity contribution in [2.24, 2.45) is 0 Å². The SMILES string of the molecule is CCCCCCOS(=O)(=O)O.c1c[nH]cn1. The molecule has 0 aromatic carbocycles. The number of rotatable bonds is 6. The molecule has 7 heteroatoms. The Morgan fingerprint density at radius 1 is 1.38 bits per heavy atom. The zero-order valence-electron chi connectivity index (χ0n) is 9.30. The van der Waals surface area contributed by atoms with Gasteiger partial charge in [0.1, 0.15) is 0 Å². The number of hydrogen-bond acceptors (Lipinski definition) is 4. The molecule has 0 atom stereocenters. The van der Waals surface area contributed by atoms with Crippen molar-refractivity contribution < 1.29 is 17.2 Å². The first kappa shape index (κ1) is 15.1. The lowest BCUT2D eigenvalue weighted by Crippen LogP contribution is -2.04. The molecular weight excluding hydrogens is 232 g/mol. The lowest BCUT2D eigenvalue weighted by molar-refractivity contribution is 0.261. The highest BCUT2D eigenvalue weighted by Gasteiger charge is 2.01. The largest absolute Gasteiger partial charge is 0.397 e. The minimum absolute atomic E-state index is 0.0822. The molecule has 1 rings (SSSR count). The fraction of sp³-hybridized carbons (Fsp3) is 0.667. The minimum Gasteiger partial charge on any atom is -0.351 e. The normalized spacial score (nSPS) is 10.6. The third-order valence-electron chi connectivity index (χ3n) is 1.64. The van der Waals surface area contributed by atoms with Gasteiger partial charge >= 0.3 is 10.4 Å². The van der Waals surface area contributed by atoms with E-state index in [4.69, 9.17) is 4.55 Å². The van der Waals surface area contributed by atoms with Crippen LogP contribution in [-0.2, 0) is 14.6 Å². The molecule has 94 valence electrons. The van der Waals surface area contributed by atoms with E-state index < -0.39 is 10.4 Å². The number of imidazole rings is 1. The molecule has 1 aromatic heterocycles. The summed E-state index contributed by atoms with van der Waals surface area (Å²) >= 11 is 0. The van der Waals surface area contributed by atoms with Crippen LogP contribution in [0.25, 0.3) is 0 Å². The predicted molar refractivity (Wildman–Crippen MR) is 60.2 cm³/mol. The molecule has 0 radical (unpaired) electrons.